The lowest BCUT2D eigenvalue weighted by Gasteiger charge is -2.08. The number of hydrogen-bond acceptors (Lipinski definition) is 2. The van der Waals surface area contributed by atoms with Crippen molar-refractivity contribution >= 4 is 0 Å². The van der Waals surface area contributed by atoms with Crippen LogP contribution in [-0.4, -0.2) is 11.3 Å². The molecular weight excluding hydrogens is 195 g/mol. The van der Waals surface area contributed by atoms with Crippen molar-refractivity contribution in [3.8, 4) is 5.75 Å². The van der Waals surface area contributed by atoms with Crippen LogP contribution in [0.25, 0.3) is 0 Å². The van der Waals surface area contributed by atoms with Crippen molar-refractivity contribution in [2.45, 2.75) is 25.1 Å². The Labute approximate surface area is 78.7 Å². The van der Waals surface area contributed by atoms with E-state index in [1.807, 2.05) is 0 Å². The third-order valence-electron chi connectivity index (χ3n) is 1.99. The van der Waals surface area contributed by atoms with Gasteiger partial charge in [-0.2, -0.15) is 0 Å². The Bertz CT molecular complexity index is 316. The van der Waals surface area contributed by atoms with Gasteiger partial charge in [0.2, 0.25) is 0 Å². The number of rotatable bonds is 2. The molecule has 2 rings (SSSR count). The molecular formula is C9H8F3NO. The average Bonchev–Trinajstić information content (AvgIpc) is 2.85. The maximum absolute atomic E-state index is 11.8. The van der Waals surface area contributed by atoms with Gasteiger partial charge in [0, 0.05) is 11.6 Å². The molecule has 0 bridgehead atoms. The normalized spacial score (nSPS) is 16.8. The number of halogens is 3. The van der Waals surface area contributed by atoms with E-state index >= 15 is 0 Å². The van der Waals surface area contributed by atoms with Gasteiger partial charge in [0.25, 0.3) is 0 Å². The summed E-state index contributed by atoms with van der Waals surface area (Å²) in [5.41, 5.74) is 0.847. The van der Waals surface area contributed by atoms with Crippen LogP contribution < -0.4 is 4.74 Å². The Morgan fingerprint density at radius 2 is 2.00 bits per heavy atom. The standard InChI is InChI=1S/C9H8F3NO/c10-9(11,12)14-7-3-4-8(13-5-7)6-1-2-6/h3-6H,1-2H2. The molecule has 14 heavy (non-hydrogen) atoms. The van der Waals surface area contributed by atoms with Gasteiger partial charge in [0.15, 0.2) is 0 Å². The molecule has 0 radical (unpaired) electrons. The van der Waals surface area contributed by atoms with Gasteiger partial charge in [-0.1, -0.05) is 0 Å². The molecule has 0 unspecified atom stereocenters. The molecule has 2 nitrogen and oxygen atoms in total. The summed E-state index contributed by atoms with van der Waals surface area (Å²) >= 11 is 0. The molecule has 0 aliphatic heterocycles. The van der Waals surface area contributed by atoms with Gasteiger partial charge in [-0.15, -0.1) is 13.2 Å². The third kappa shape index (κ3) is 2.37. The van der Waals surface area contributed by atoms with Crippen molar-refractivity contribution in [2.75, 3.05) is 0 Å². The van der Waals surface area contributed by atoms with Crippen LogP contribution in [0.5, 0.6) is 5.75 Å². The SMILES string of the molecule is FC(F)(F)Oc1ccc(C2CC2)nc1. The van der Waals surface area contributed by atoms with Gasteiger partial charge >= 0.3 is 6.36 Å². The number of ether oxygens (including phenoxy) is 1. The Kier molecular flexibility index (Phi) is 2.09. The third-order valence-corrected chi connectivity index (χ3v) is 1.99. The summed E-state index contributed by atoms with van der Waals surface area (Å²) < 4.78 is 39.0. The van der Waals surface area contributed by atoms with E-state index in [9.17, 15) is 13.2 Å². The van der Waals surface area contributed by atoms with Crippen LogP contribution in [0.1, 0.15) is 24.5 Å². The minimum atomic E-state index is -4.64. The first-order chi connectivity index (χ1) is 6.54. The zero-order chi connectivity index (χ0) is 10.2. The van der Waals surface area contributed by atoms with Gasteiger partial charge in [-0.3, -0.25) is 4.98 Å². The monoisotopic (exact) mass is 203 g/mol. The molecule has 0 saturated heterocycles. The lowest BCUT2D eigenvalue weighted by atomic mass is 10.2. The van der Waals surface area contributed by atoms with Crippen molar-refractivity contribution < 1.29 is 17.9 Å². The van der Waals surface area contributed by atoms with E-state index in [2.05, 4.69) is 9.72 Å². The van der Waals surface area contributed by atoms with Crippen LogP contribution >= 0.6 is 0 Å². The van der Waals surface area contributed by atoms with Gasteiger partial charge in [0.05, 0.1) is 6.20 Å². The Morgan fingerprint density at radius 1 is 1.29 bits per heavy atom. The van der Waals surface area contributed by atoms with Gasteiger partial charge < -0.3 is 4.74 Å². The van der Waals surface area contributed by atoms with Crippen LogP contribution in [0, 0.1) is 0 Å². The molecule has 1 aromatic rings. The molecule has 0 amide bonds. The van der Waals surface area contributed by atoms with E-state index in [1.54, 1.807) is 6.07 Å². The molecule has 5 heteroatoms. The van der Waals surface area contributed by atoms with Crippen molar-refractivity contribution in [1.82, 2.24) is 4.98 Å². The molecule has 1 heterocycles. The van der Waals surface area contributed by atoms with Gasteiger partial charge in [0.1, 0.15) is 5.75 Å². The predicted molar refractivity (Wildman–Crippen MR) is 42.9 cm³/mol. The Hall–Kier alpha value is -1.26. The average molecular weight is 203 g/mol. The topological polar surface area (TPSA) is 22.1 Å². The van der Waals surface area contributed by atoms with Crippen molar-refractivity contribution in [3.63, 3.8) is 0 Å². The van der Waals surface area contributed by atoms with Crippen LogP contribution in [0.3, 0.4) is 0 Å². The minimum Gasteiger partial charge on any atom is -0.404 e. The molecule has 1 aromatic heterocycles. The summed E-state index contributed by atoms with van der Waals surface area (Å²) in [5, 5.41) is 0. The lowest BCUT2D eigenvalue weighted by molar-refractivity contribution is -0.274. The summed E-state index contributed by atoms with van der Waals surface area (Å²) in [6.07, 6.45) is -1.37. The quantitative estimate of drug-likeness (QED) is 0.737. The van der Waals surface area contributed by atoms with E-state index in [-0.39, 0.29) is 5.75 Å². The van der Waals surface area contributed by atoms with Gasteiger partial charge in [-0.25, -0.2) is 0 Å². The molecule has 1 saturated carbocycles. The molecule has 0 atom stereocenters. The second kappa shape index (κ2) is 3.15. The second-order valence-corrected chi connectivity index (χ2v) is 3.24. The highest BCUT2D eigenvalue weighted by Crippen LogP contribution is 2.39. The summed E-state index contributed by atoms with van der Waals surface area (Å²) in [6.45, 7) is 0. The number of aromatic nitrogens is 1. The highest BCUT2D eigenvalue weighted by atomic mass is 19.4. The largest absolute Gasteiger partial charge is 0.573 e. The zero-order valence-corrected chi connectivity index (χ0v) is 7.21. The van der Waals surface area contributed by atoms with Crippen molar-refractivity contribution in [2.24, 2.45) is 0 Å². The fraction of sp³-hybridized carbons (Fsp3) is 0.444. The highest BCUT2D eigenvalue weighted by molar-refractivity contribution is 5.23. The summed E-state index contributed by atoms with van der Waals surface area (Å²) in [6, 6.07) is 2.88. The molecule has 1 fully saturated rings. The smallest absolute Gasteiger partial charge is 0.404 e. The van der Waals surface area contributed by atoms with Crippen LogP contribution in [0.15, 0.2) is 18.3 Å². The van der Waals surface area contributed by atoms with E-state index in [4.69, 9.17) is 0 Å². The summed E-state index contributed by atoms with van der Waals surface area (Å²) in [7, 11) is 0. The van der Waals surface area contributed by atoms with E-state index in [1.165, 1.54) is 6.07 Å². The fourth-order valence-corrected chi connectivity index (χ4v) is 1.21. The number of pyridine rings is 1. The molecule has 0 spiro atoms. The van der Waals surface area contributed by atoms with E-state index in [0.717, 1.165) is 24.7 Å². The zero-order valence-electron chi connectivity index (χ0n) is 7.21. The predicted octanol–water partition coefficient (Wildman–Crippen LogP) is 2.86. The van der Waals surface area contributed by atoms with Crippen molar-refractivity contribution in [1.29, 1.82) is 0 Å². The summed E-state index contributed by atoms with van der Waals surface area (Å²) in [5.74, 6) is 0.178. The lowest BCUT2D eigenvalue weighted by Crippen LogP contribution is -2.17. The maximum Gasteiger partial charge on any atom is 0.573 e. The molecule has 0 N–H and O–H groups in total. The minimum absolute atomic E-state index is 0.262. The van der Waals surface area contributed by atoms with E-state index < -0.39 is 6.36 Å². The molecule has 1 aliphatic carbocycles. The van der Waals surface area contributed by atoms with Crippen molar-refractivity contribution in [3.05, 3.63) is 24.0 Å². The van der Waals surface area contributed by atoms with E-state index in [0.29, 0.717) is 5.92 Å². The number of nitrogens with zero attached hydrogens (tertiary/aromatic N) is 1. The number of alkyl halides is 3. The first kappa shape index (κ1) is 9.30. The Balaban J connectivity index is 2.06. The van der Waals surface area contributed by atoms with Crippen LogP contribution in [0.2, 0.25) is 0 Å². The molecule has 76 valence electrons. The fourth-order valence-electron chi connectivity index (χ4n) is 1.21. The molecule has 1 aliphatic rings. The second-order valence-electron chi connectivity index (χ2n) is 3.24. The number of hydrogen-bond donors (Lipinski definition) is 0. The first-order valence-electron chi connectivity index (χ1n) is 4.26. The Morgan fingerprint density at radius 3 is 2.43 bits per heavy atom. The molecule has 0 aromatic carbocycles. The van der Waals surface area contributed by atoms with Crippen LogP contribution in [0.4, 0.5) is 13.2 Å². The highest BCUT2D eigenvalue weighted by Gasteiger charge is 2.31. The first-order valence-corrected chi connectivity index (χ1v) is 4.26. The maximum atomic E-state index is 11.8. The van der Waals surface area contributed by atoms with Crippen LogP contribution in [-0.2, 0) is 0 Å². The van der Waals surface area contributed by atoms with Gasteiger partial charge in [-0.05, 0) is 25.0 Å². The summed E-state index contributed by atoms with van der Waals surface area (Å²) in [4.78, 5) is 3.90.